The number of nitrogens with zero attached hydrogens (tertiary/aromatic N) is 1. The molecule has 5 heteroatoms. The van der Waals surface area contributed by atoms with Gasteiger partial charge in [0.25, 0.3) is 0 Å². The molecular formula is C22H28N2O3. The van der Waals surface area contributed by atoms with E-state index < -0.39 is 0 Å². The number of benzene rings is 2. The van der Waals surface area contributed by atoms with Gasteiger partial charge >= 0.3 is 0 Å². The number of rotatable bonds is 8. The molecule has 2 N–H and O–H groups in total. The molecule has 1 heterocycles. The highest BCUT2D eigenvalue weighted by atomic mass is 16.5. The van der Waals surface area contributed by atoms with Crippen molar-refractivity contribution in [3.05, 3.63) is 65.7 Å². The summed E-state index contributed by atoms with van der Waals surface area (Å²) in [6.45, 7) is 2.44. The van der Waals surface area contributed by atoms with E-state index >= 15 is 0 Å². The molecular weight excluding hydrogens is 340 g/mol. The van der Waals surface area contributed by atoms with Crippen LogP contribution in [0.3, 0.4) is 0 Å². The van der Waals surface area contributed by atoms with Crippen LogP contribution in [0, 0.1) is 0 Å². The van der Waals surface area contributed by atoms with Crippen molar-refractivity contribution in [3.8, 4) is 5.75 Å². The van der Waals surface area contributed by atoms with Crippen molar-refractivity contribution in [2.75, 3.05) is 26.8 Å². The van der Waals surface area contributed by atoms with Gasteiger partial charge in [0.1, 0.15) is 5.75 Å². The van der Waals surface area contributed by atoms with Crippen LogP contribution in [0.4, 0.5) is 0 Å². The Morgan fingerprint density at radius 2 is 1.96 bits per heavy atom. The fourth-order valence-electron chi connectivity index (χ4n) is 3.51. The van der Waals surface area contributed by atoms with Crippen LogP contribution in [0.1, 0.15) is 29.9 Å². The highest BCUT2D eigenvalue weighted by molar-refractivity contribution is 5.76. The Morgan fingerprint density at radius 3 is 2.74 bits per heavy atom. The van der Waals surface area contributed by atoms with Crippen LogP contribution in [-0.4, -0.2) is 43.7 Å². The molecule has 2 aromatic rings. The standard InChI is InChI=1S/C22H28N2O3/c1-26-19-10-5-9-18(13-19)20-14-24(15-21(20)23)22(25)11-6-12-27-16-17-7-3-2-4-8-17/h2-5,7-10,13,20-21H,6,11-12,14-16,23H2,1H3/t20-,21+/m0/s1. The molecule has 2 aromatic carbocycles. The molecule has 3 rings (SSSR count). The number of hydrogen-bond acceptors (Lipinski definition) is 4. The highest BCUT2D eigenvalue weighted by Crippen LogP contribution is 2.29. The molecule has 2 atom stereocenters. The fraction of sp³-hybridized carbons (Fsp3) is 0.409. The van der Waals surface area contributed by atoms with Crippen molar-refractivity contribution in [1.82, 2.24) is 4.90 Å². The van der Waals surface area contributed by atoms with Gasteiger partial charge in [-0.05, 0) is 29.7 Å². The summed E-state index contributed by atoms with van der Waals surface area (Å²) in [4.78, 5) is 14.4. The SMILES string of the molecule is COc1cccc([C@@H]2CN(C(=O)CCCOCc3ccccc3)C[C@H]2N)c1. The first kappa shape index (κ1) is 19.4. The van der Waals surface area contributed by atoms with Crippen molar-refractivity contribution in [3.63, 3.8) is 0 Å². The summed E-state index contributed by atoms with van der Waals surface area (Å²) in [5, 5.41) is 0. The Bertz CT molecular complexity index is 735. The zero-order chi connectivity index (χ0) is 19.1. The molecule has 1 fully saturated rings. The van der Waals surface area contributed by atoms with Crippen molar-refractivity contribution >= 4 is 5.91 Å². The number of nitrogens with two attached hydrogens (primary N) is 1. The van der Waals surface area contributed by atoms with E-state index in [9.17, 15) is 4.79 Å². The summed E-state index contributed by atoms with van der Waals surface area (Å²) in [7, 11) is 1.66. The molecule has 1 amide bonds. The molecule has 1 aliphatic rings. The van der Waals surface area contributed by atoms with Gasteiger partial charge in [0, 0.05) is 38.1 Å². The minimum absolute atomic E-state index is 0.0459. The van der Waals surface area contributed by atoms with E-state index in [1.807, 2.05) is 53.4 Å². The summed E-state index contributed by atoms with van der Waals surface area (Å²) < 4.78 is 11.0. The highest BCUT2D eigenvalue weighted by Gasteiger charge is 2.33. The number of amides is 1. The predicted octanol–water partition coefficient (Wildman–Crippen LogP) is 2.95. The first-order valence-electron chi connectivity index (χ1n) is 9.46. The Balaban J connectivity index is 1.42. The van der Waals surface area contributed by atoms with E-state index in [2.05, 4.69) is 6.07 Å². The summed E-state index contributed by atoms with van der Waals surface area (Å²) in [5.41, 5.74) is 8.59. The maximum atomic E-state index is 12.5. The molecule has 1 aliphatic heterocycles. The molecule has 0 spiro atoms. The molecule has 5 nitrogen and oxygen atoms in total. The van der Waals surface area contributed by atoms with Gasteiger partial charge in [0.2, 0.25) is 5.91 Å². The Morgan fingerprint density at radius 1 is 1.15 bits per heavy atom. The fourth-order valence-corrected chi connectivity index (χ4v) is 3.51. The molecule has 0 bridgehead atoms. The topological polar surface area (TPSA) is 64.8 Å². The number of carbonyl (C=O) groups excluding carboxylic acids is 1. The zero-order valence-corrected chi connectivity index (χ0v) is 15.8. The normalized spacial score (nSPS) is 19.3. The summed E-state index contributed by atoms with van der Waals surface area (Å²) in [5.74, 6) is 1.12. The van der Waals surface area contributed by atoms with Crippen molar-refractivity contribution in [2.45, 2.75) is 31.4 Å². The molecule has 0 unspecified atom stereocenters. The second-order valence-corrected chi connectivity index (χ2v) is 6.99. The van der Waals surface area contributed by atoms with Gasteiger partial charge in [0.05, 0.1) is 13.7 Å². The predicted molar refractivity (Wildman–Crippen MR) is 106 cm³/mol. The first-order valence-corrected chi connectivity index (χ1v) is 9.46. The quantitative estimate of drug-likeness (QED) is 0.728. The first-order chi connectivity index (χ1) is 13.2. The van der Waals surface area contributed by atoms with Crippen molar-refractivity contribution < 1.29 is 14.3 Å². The summed E-state index contributed by atoms with van der Waals surface area (Å²) in [6, 6.07) is 18.0. The van der Waals surface area contributed by atoms with E-state index in [-0.39, 0.29) is 17.9 Å². The van der Waals surface area contributed by atoms with Gasteiger partial charge in [-0.1, -0.05) is 42.5 Å². The average molecular weight is 368 g/mol. The van der Waals surface area contributed by atoms with Crippen LogP contribution in [0.15, 0.2) is 54.6 Å². The Hall–Kier alpha value is -2.37. The molecule has 144 valence electrons. The third-order valence-corrected chi connectivity index (χ3v) is 5.03. The average Bonchev–Trinajstić information content (AvgIpc) is 3.10. The van der Waals surface area contributed by atoms with Crippen LogP contribution >= 0.6 is 0 Å². The molecule has 1 saturated heterocycles. The lowest BCUT2D eigenvalue weighted by molar-refractivity contribution is -0.130. The lowest BCUT2D eigenvalue weighted by Crippen LogP contribution is -2.32. The van der Waals surface area contributed by atoms with Crippen LogP contribution < -0.4 is 10.5 Å². The summed E-state index contributed by atoms with van der Waals surface area (Å²) in [6.07, 6.45) is 1.22. The molecule has 0 aliphatic carbocycles. The van der Waals surface area contributed by atoms with Crippen molar-refractivity contribution in [1.29, 1.82) is 0 Å². The number of ether oxygens (including phenoxy) is 2. The second kappa shape index (κ2) is 9.53. The number of carbonyl (C=O) groups is 1. The van der Waals surface area contributed by atoms with Gasteiger partial charge < -0.3 is 20.1 Å². The van der Waals surface area contributed by atoms with E-state index in [1.165, 1.54) is 0 Å². The molecule has 0 aromatic heterocycles. The van der Waals surface area contributed by atoms with E-state index in [1.54, 1.807) is 7.11 Å². The number of likely N-dealkylation sites (tertiary alicyclic amines) is 1. The van der Waals surface area contributed by atoms with Crippen LogP contribution in [-0.2, 0) is 16.1 Å². The lowest BCUT2D eigenvalue weighted by Gasteiger charge is -2.17. The van der Waals surface area contributed by atoms with Gasteiger partial charge in [-0.2, -0.15) is 0 Å². The maximum absolute atomic E-state index is 12.5. The monoisotopic (exact) mass is 368 g/mol. The second-order valence-electron chi connectivity index (χ2n) is 6.99. The molecule has 27 heavy (non-hydrogen) atoms. The minimum atomic E-state index is -0.0459. The Kier molecular flexibility index (Phi) is 6.85. The maximum Gasteiger partial charge on any atom is 0.222 e. The smallest absolute Gasteiger partial charge is 0.222 e. The largest absolute Gasteiger partial charge is 0.497 e. The Labute approximate surface area is 161 Å². The van der Waals surface area contributed by atoms with E-state index in [0.717, 1.165) is 23.3 Å². The van der Waals surface area contributed by atoms with Crippen LogP contribution in [0.5, 0.6) is 5.75 Å². The number of hydrogen-bond donors (Lipinski definition) is 1. The third kappa shape index (κ3) is 5.31. The van der Waals surface area contributed by atoms with Gasteiger partial charge in [0.15, 0.2) is 0 Å². The molecule has 0 saturated carbocycles. The van der Waals surface area contributed by atoms with Crippen LogP contribution in [0.2, 0.25) is 0 Å². The lowest BCUT2D eigenvalue weighted by atomic mass is 9.95. The van der Waals surface area contributed by atoms with Crippen molar-refractivity contribution in [2.24, 2.45) is 5.73 Å². The van der Waals surface area contributed by atoms with E-state index in [0.29, 0.717) is 32.7 Å². The van der Waals surface area contributed by atoms with E-state index in [4.69, 9.17) is 15.2 Å². The summed E-state index contributed by atoms with van der Waals surface area (Å²) >= 11 is 0. The van der Waals surface area contributed by atoms with Gasteiger partial charge in [-0.3, -0.25) is 4.79 Å². The number of methoxy groups -OCH3 is 1. The zero-order valence-electron chi connectivity index (χ0n) is 15.8. The minimum Gasteiger partial charge on any atom is -0.497 e. The van der Waals surface area contributed by atoms with Gasteiger partial charge in [-0.25, -0.2) is 0 Å². The molecule has 0 radical (unpaired) electrons. The third-order valence-electron chi connectivity index (χ3n) is 5.03. The van der Waals surface area contributed by atoms with Gasteiger partial charge in [-0.15, -0.1) is 0 Å². The van der Waals surface area contributed by atoms with Crippen LogP contribution in [0.25, 0.3) is 0 Å².